The summed E-state index contributed by atoms with van der Waals surface area (Å²) in [6, 6.07) is 4.99. The van der Waals surface area contributed by atoms with Crippen LogP contribution in [0.5, 0.6) is 0 Å². The molecule has 0 aromatic carbocycles. The van der Waals surface area contributed by atoms with Gasteiger partial charge in [-0.3, -0.25) is 9.88 Å². The van der Waals surface area contributed by atoms with E-state index in [1.807, 2.05) is 12.3 Å². The monoisotopic (exact) mass is 263 g/mol. The van der Waals surface area contributed by atoms with E-state index in [-0.39, 0.29) is 6.10 Å². The van der Waals surface area contributed by atoms with Crippen LogP contribution in [0.1, 0.15) is 32.4 Å². The minimum Gasteiger partial charge on any atom is -0.374 e. The molecule has 1 aromatic rings. The van der Waals surface area contributed by atoms with Gasteiger partial charge in [-0.15, -0.1) is 0 Å². The van der Waals surface area contributed by atoms with E-state index in [9.17, 15) is 0 Å². The van der Waals surface area contributed by atoms with E-state index in [1.54, 1.807) is 6.20 Å². The van der Waals surface area contributed by atoms with E-state index in [4.69, 9.17) is 4.74 Å². The van der Waals surface area contributed by atoms with E-state index >= 15 is 0 Å². The van der Waals surface area contributed by atoms with Crippen molar-refractivity contribution in [2.75, 3.05) is 26.2 Å². The Labute approximate surface area is 116 Å². The molecule has 1 N–H and O–H groups in total. The quantitative estimate of drug-likeness (QED) is 0.879. The number of nitrogens with zero attached hydrogens (tertiary/aromatic N) is 2. The zero-order valence-electron chi connectivity index (χ0n) is 12.2. The molecule has 0 amide bonds. The van der Waals surface area contributed by atoms with Crippen molar-refractivity contribution < 1.29 is 4.74 Å². The molecule has 0 saturated carbocycles. The molecule has 2 unspecified atom stereocenters. The van der Waals surface area contributed by atoms with Crippen molar-refractivity contribution in [3.63, 3.8) is 0 Å². The highest BCUT2D eigenvalue weighted by atomic mass is 16.5. The summed E-state index contributed by atoms with van der Waals surface area (Å²) in [5.74, 6) is 0. The van der Waals surface area contributed by atoms with Crippen LogP contribution < -0.4 is 5.32 Å². The van der Waals surface area contributed by atoms with Gasteiger partial charge in [-0.1, -0.05) is 6.07 Å². The number of pyridine rings is 1. The van der Waals surface area contributed by atoms with Crippen LogP contribution in [0.3, 0.4) is 0 Å². The van der Waals surface area contributed by atoms with Crippen LogP contribution in [0, 0.1) is 0 Å². The lowest BCUT2D eigenvalue weighted by Gasteiger charge is -2.36. The van der Waals surface area contributed by atoms with Crippen molar-refractivity contribution in [2.45, 2.75) is 39.0 Å². The van der Waals surface area contributed by atoms with E-state index in [2.05, 4.69) is 42.0 Å². The van der Waals surface area contributed by atoms with E-state index < -0.39 is 0 Å². The van der Waals surface area contributed by atoms with Crippen molar-refractivity contribution in [3.05, 3.63) is 30.1 Å². The second kappa shape index (κ2) is 6.98. The summed E-state index contributed by atoms with van der Waals surface area (Å²) in [6.07, 6.45) is 4.01. The first kappa shape index (κ1) is 14.4. The van der Waals surface area contributed by atoms with Gasteiger partial charge in [-0.25, -0.2) is 0 Å². The van der Waals surface area contributed by atoms with Crippen molar-refractivity contribution in [2.24, 2.45) is 0 Å². The number of hydrogen-bond donors (Lipinski definition) is 1. The molecular weight excluding hydrogens is 238 g/mol. The highest BCUT2D eigenvalue weighted by Gasteiger charge is 2.22. The molecule has 2 heterocycles. The van der Waals surface area contributed by atoms with Crippen molar-refractivity contribution in [1.29, 1.82) is 0 Å². The molecule has 4 nitrogen and oxygen atoms in total. The third kappa shape index (κ3) is 4.27. The van der Waals surface area contributed by atoms with Crippen LogP contribution in [-0.4, -0.2) is 48.3 Å². The van der Waals surface area contributed by atoms with Crippen molar-refractivity contribution >= 4 is 0 Å². The molecule has 1 fully saturated rings. The van der Waals surface area contributed by atoms with Crippen LogP contribution in [0.25, 0.3) is 0 Å². The van der Waals surface area contributed by atoms with Crippen LogP contribution in [-0.2, 0) is 4.74 Å². The normalized spacial score (nSPS) is 22.6. The van der Waals surface area contributed by atoms with Gasteiger partial charge in [0.15, 0.2) is 0 Å². The topological polar surface area (TPSA) is 37.4 Å². The van der Waals surface area contributed by atoms with Gasteiger partial charge in [0.25, 0.3) is 0 Å². The number of rotatable bonds is 5. The molecule has 1 aromatic heterocycles. The molecule has 1 aliphatic heterocycles. The van der Waals surface area contributed by atoms with Gasteiger partial charge in [-0.2, -0.15) is 0 Å². The summed E-state index contributed by atoms with van der Waals surface area (Å²) < 4.78 is 5.82. The number of aromatic nitrogens is 1. The lowest BCUT2D eigenvalue weighted by molar-refractivity contribution is -0.0379. The average molecular weight is 263 g/mol. The third-order valence-electron chi connectivity index (χ3n) is 3.74. The molecule has 4 heteroatoms. The second-order valence-corrected chi connectivity index (χ2v) is 5.50. The van der Waals surface area contributed by atoms with Gasteiger partial charge in [0.1, 0.15) is 0 Å². The molecule has 0 spiro atoms. The van der Waals surface area contributed by atoms with Gasteiger partial charge in [0.2, 0.25) is 0 Å². The Balaban J connectivity index is 1.79. The number of hydrogen-bond acceptors (Lipinski definition) is 4. The fourth-order valence-electron chi connectivity index (χ4n) is 2.39. The lowest BCUT2D eigenvalue weighted by Crippen LogP contribution is -2.49. The second-order valence-electron chi connectivity index (χ2n) is 5.50. The lowest BCUT2D eigenvalue weighted by atomic mass is 10.1. The van der Waals surface area contributed by atoms with Crippen molar-refractivity contribution in [1.82, 2.24) is 15.2 Å². The number of ether oxygens (including phenoxy) is 1. The molecule has 0 bridgehead atoms. The Bertz CT molecular complexity index is 369. The first-order valence-corrected chi connectivity index (χ1v) is 7.15. The van der Waals surface area contributed by atoms with Crippen molar-refractivity contribution in [3.8, 4) is 0 Å². The van der Waals surface area contributed by atoms with Crippen LogP contribution >= 0.6 is 0 Å². The highest BCUT2D eigenvalue weighted by Crippen LogP contribution is 2.12. The van der Waals surface area contributed by atoms with Gasteiger partial charge >= 0.3 is 0 Å². The molecule has 1 aliphatic rings. The van der Waals surface area contributed by atoms with Crippen LogP contribution in [0.2, 0.25) is 0 Å². The van der Waals surface area contributed by atoms with E-state index in [1.165, 1.54) is 5.56 Å². The summed E-state index contributed by atoms with van der Waals surface area (Å²) in [5.41, 5.74) is 1.22. The van der Waals surface area contributed by atoms with Crippen LogP contribution in [0.15, 0.2) is 24.5 Å². The Morgan fingerprint density at radius 3 is 3.00 bits per heavy atom. The summed E-state index contributed by atoms with van der Waals surface area (Å²) in [6.45, 7) is 10.4. The molecule has 19 heavy (non-hydrogen) atoms. The Kier molecular flexibility index (Phi) is 5.31. The molecule has 1 saturated heterocycles. The smallest absolute Gasteiger partial charge is 0.0827 e. The predicted molar refractivity (Wildman–Crippen MR) is 77.1 cm³/mol. The standard InChI is InChI=1S/C15H25N3O/c1-12(2)18-7-8-19-15(11-18)10-17-13(3)14-5-4-6-16-9-14/h4-6,9,12-13,15,17H,7-8,10-11H2,1-3H3. The number of nitrogens with one attached hydrogen (secondary N) is 1. The van der Waals surface area contributed by atoms with Crippen LogP contribution in [0.4, 0.5) is 0 Å². The van der Waals surface area contributed by atoms with E-state index in [0.29, 0.717) is 12.1 Å². The summed E-state index contributed by atoms with van der Waals surface area (Å²) in [4.78, 5) is 6.63. The summed E-state index contributed by atoms with van der Waals surface area (Å²) in [7, 11) is 0. The average Bonchev–Trinajstić information content (AvgIpc) is 2.46. The zero-order valence-corrected chi connectivity index (χ0v) is 12.2. The van der Waals surface area contributed by atoms with Gasteiger partial charge in [0.05, 0.1) is 12.7 Å². The fourth-order valence-corrected chi connectivity index (χ4v) is 2.39. The molecule has 2 atom stereocenters. The maximum atomic E-state index is 5.82. The fraction of sp³-hybridized carbons (Fsp3) is 0.667. The first-order valence-electron chi connectivity index (χ1n) is 7.15. The molecular formula is C15H25N3O. The Morgan fingerprint density at radius 2 is 2.32 bits per heavy atom. The van der Waals surface area contributed by atoms with Gasteiger partial charge < -0.3 is 10.1 Å². The summed E-state index contributed by atoms with van der Waals surface area (Å²) >= 11 is 0. The Morgan fingerprint density at radius 1 is 1.47 bits per heavy atom. The zero-order chi connectivity index (χ0) is 13.7. The summed E-state index contributed by atoms with van der Waals surface area (Å²) in [5, 5.41) is 3.54. The Hall–Kier alpha value is -0.970. The largest absolute Gasteiger partial charge is 0.374 e. The molecule has 2 rings (SSSR count). The molecule has 106 valence electrons. The molecule has 0 radical (unpaired) electrons. The molecule has 0 aliphatic carbocycles. The first-order chi connectivity index (χ1) is 9.16. The maximum absolute atomic E-state index is 5.82. The number of morpholine rings is 1. The van der Waals surface area contributed by atoms with Gasteiger partial charge in [-0.05, 0) is 32.4 Å². The van der Waals surface area contributed by atoms with E-state index in [0.717, 1.165) is 26.2 Å². The SMILES string of the molecule is CC(NCC1CN(C(C)C)CCO1)c1cccnc1. The third-order valence-corrected chi connectivity index (χ3v) is 3.74. The maximum Gasteiger partial charge on any atom is 0.0827 e. The minimum atomic E-state index is 0.287. The minimum absolute atomic E-state index is 0.287. The predicted octanol–water partition coefficient (Wildman–Crippen LogP) is 1.84. The highest BCUT2D eigenvalue weighted by molar-refractivity contribution is 5.12. The van der Waals surface area contributed by atoms with Gasteiger partial charge in [0, 0.05) is 44.1 Å².